The summed E-state index contributed by atoms with van der Waals surface area (Å²) in [5, 5.41) is 3.04. The average Bonchev–Trinajstić information content (AvgIpc) is 2.79. The Hall–Kier alpha value is -2.95. The quantitative estimate of drug-likeness (QED) is 0.436. The minimum Gasteiger partial charge on any atom is -0.379 e. The van der Waals surface area contributed by atoms with E-state index >= 15 is 0 Å². The zero-order chi connectivity index (χ0) is 21.0. The Labute approximate surface area is 178 Å². The van der Waals surface area contributed by atoms with E-state index in [1.165, 1.54) is 0 Å². The van der Waals surface area contributed by atoms with Crippen LogP contribution in [-0.4, -0.2) is 25.7 Å². The molecule has 4 heteroatoms. The van der Waals surface area contributed by atoms with Crippen LogP contribution in [0, 0.1) is 0 Å². The second kappa shape index (κ2) is 11.9. The molecule has 30 heavy (non-hydrogen) atoms. The van der Waals surface area contributed by atoms with E-state index in [4.69, 9.17) is 9.47 Å². The van der Waals surface area contributed by atoms with Gasteiger partial charge in [0.25, 0.3) is 0 Å². The van der Waals surface area contributed by atoms with Gasteiger partial charge in [-0.1, -0.05) is 72.8 Å². The standard InChI is InChI=1S/C26H29NO3/c1-2-29-16-17-30-20-21-10-9-15-24(18-21)27-26(28)19-25(22-11-5-3-6-12-22)23-13-7-4-8-14-23/h3-15,18,25H,2,16-17,19-20H2,1H3,(H,27,28). The maximum absolute atomic E-state index is 12.9. The maximum atomic E-state index is 12.9. The van der Waals surface area contributed by atoms with Crippen LogP contribution >= 0.6 is 0 Å². The summed E-state index contributed by atoms with van der Waals surface area (Å²) < 4.78 is 10.9. The van der Waals surface area contributed by atoms with Crippen LogP contribution in [0.3, 0.4) is 0 Å². The average molecular weight is 404 g/mol. The van der Waals surface area contributed by atoms with Crippen LogP contribution in [0.1, 0.15) is 36.0 Å². The summed E-state index contributed by atoms with van der Waals surface area (Å²) in [6.07, 6.45) is 0.378. The first-order valence-electron chi connectivity index (χ1n) is 10.4. The molecule has 3 aromatic rings. The first-order valence-corrected chi connectivity index (χ1v) is 10.4. The van der Waals surface area contributed by atoms with Crippen LogP contribution in [0.2, 0.25) is 0 Å². The van der Waals surface area contributed by atoms with Gasteiger partial charge in [0.15, 0.2) is 0 Å². The van der Waals surface area contributed by atoms with E-state index in [1.807, 2.05) is 67.6 Å². The molecule has 1 N–H and O–H groups in total. The van der Waals surface area contributed by atoms with Gasteiger partial charge >= 0.3 is 0 Å². The number of hydrogen-bond donors (Lipinski definition) is 1. The van der Waals surface area contributed by atoms with E-state index < -0.39 is 0 Å². The molecule has 0 heterocycles. The number of anilines is 1. The van der Waals surface area contributed by atoms with Gasteiger partial charge in [-0.25, -0.2) is 0 Å². The topological polar surface area (TPSA) is 47.6 Å². The number of benzene rings is 3. The third kappa shape index (κ3) is 6.83. The van der Waals surface area contributed by atoms with Crippen LogP contribution in [0.15, 0.2) is 84.9 Å². The van der Waals surface area contributed by atoms with Crippen molar-refractivity contribution in [1.82, 2.24) is 0 Å². The van der Waals surface area contributed by atoms with Crippen molar-refractivity contribution in [2.24, 2.45) is 0 Å². The molecule has 0 radical (unpaired) electrons. The Morgan fingerprint density at radius 2 is 1.47 bits per heavy atom. The lowest BCUT2D eigenvalue weighted by atomic mass is 9.88. The van der Waals surface area contributed by atoms with Crippen LogP contribution in [0.25, 0.3) is 0 Å². The highest BCUT2D eigenvalue weighted by atomic mass is 16.5. The maximum Gasteiger partial charge on any atom is 0.225 e. The number of carbonyl (C=O) groups excluding carboxylic acids is 1. The Morgan fingerprint density at radius 3 is 2.10 bits per heavy atom. The first-order chi connectivity index (χ1) is 14.8. The van der Waals surface area contributed by atoms with Crippen molar-refractivity contribution >= 4 is 11.6 Å². The van der Waals surface area contributed by atoms with E-state index in [0.29, 0.717) is 32.8 Å². The lowest BCUT2D eigenvalue weighted by molar-refractivity contribution is -0.116. The van der Waals surface area contributed by atoms with Crippen molar-refractivity contribution < 1.29 is 14.3 Å². The SMILES string of the molecule is CCOCCOCc1cccc(NC(=O)CC(c2ccccc2)c2ccccc2)c1. The fourth-order valence-electron chi connectivity index (χ4n) is 3.39. The lowest BCUT2D eigenvalue weighted by Gasteiger charge is -2.18. The minimum absolute atomic E-state index is 0.0116. The Balaban J connectivity index is 1.62. The number of amides is 1. The molecule has 4 nitrogen and oxygen atoms in total. The van der Waals surface area contributed by atoms with Crippen LogP contribution < -0.4 is 5.32 Å². The fraction of sp³-hybridized carbons (Fsp3) is 0.269. The Bertz CT molecular complexity index is 857. The van der Waals surface area contributed by atoms with Crippen LogP contribution in [0.5, 0.6) is 0 Å². The van der Waals surface area contributed by atoms with Crippen molar-refractivity contribution in [3.05, 3.63) is 102 Å². The van der Waals surface area contributed by atoms with Gasteiger partial charge in [0, 0.05) is 24.6 Å². The molecule has 0 atom stereocenters. The second-order valence-electron chi connectivity index (χ2n) is 7.08. The molecule has 3 aromatic carbocycles. The van der Waals surface area contributed by atoms with Crippen molar-refractivity contribution in [1.29, 1.82) is 0 Å². The molecule has 3 rings (SSSR count). The predicted molar refractivity (Wildman–Crippen MR) is 121 cm³/mol. The minimum atomic E-state index is -0.0119. The lowest BCUT2D eigenvalue weighted by Crippen LogP contribution is -2.16. The van der Waals surface area contributed by atoms with E-state index in [2.05, 4.69) is 29.6 Å². The summed E-state index contributed by atoms with van der Waals surface area (Å²) in [7, 11) is 0. The number of nitrogens with one attached hydrogen (secondary N) is 1. The summed E-state index contributed by atoms with van der Waals surface area (Å²) in [5.41, 5.74) is 4.07. The molecule has 0 aliphatic heterocycles. The zero-order valence-corrected chi connectivity index (χ0v) is 17.4. The molecule has 1 amide bonds. The molecule has 0 spiro atoms. The first kappa shape index (κ1) is 21.8. The molecule has 0 saturated carbocycles. The van der Waals surface area contributed by atoms with E-state index in [1.54, 1.807) is 0 Å². The third-order valence-corrected chi connectivity index (χ3v) is 4.85. The van der Waals surface area contributed by atoms with Gasteiger partial charge < -0.3 is 14.8 Å². The number of hydrogen-bond acceptors (Lipinski definition) is 3. The molecule has 156 valence electrons. The highest BCUT2D eigenvalue weighted by Gasteiger charge is 2.18. The number of carbonyl (C=O) groups is 1. The zero-order valence-electron chi connectivity index (χ0n) is 17.4. The fourth-order valence-corrected chi connectivity index (χ4v) is 3.39. The van der Waals surface area contributed by atoms with Gasteiger partial charge in [0.2, 0.25) is 5.91 Å². The van der Waals surface area contributed by atoms with Gasteiger partial charge in [-0.2, -0.15) is 0 Å². The van der Waals surface area contributed by atoms with Gasteiger partial charge in [-0.15, -0.1) is 0 Å². The molecule has 0 fully saturated rings. The molecule has 0 aliphatic carbocycles. The highest BCUT2D eigenvalue weighted by molar-refractivity contribution is 5.91. The molecular weight excluding hydrogens is 374 g/mol. The van der Waals surface area contributed by atoms with Gasteiger partial charge in [0.05, 0.1) is 19.8 Å². The highest BCUT2D eigenvalue weighted by Crippen LogP contribution is 2.28. The van der Waals surface area contributed by atoms with E-state index in [0.717, 1.165) is 22.4 Å². The molecule has 0 aliphatic rings. The second-order valence-corrected chi connectivity index (χ2v) is 7.08. The summed E-state index contributed by atoms with van der Waals surface area (Å²) in [6, 6.07) is 28.1. The van der Waals surface area contributed by atoms with Crippen LogP contribution in [0.4, 0.5) is 5.69 Å². The Kier molecular flexibility index (Phi) is 8.63. The summed E-state index contributed by atoms with van der Waals surface area (Å²) >= 11 is 0. The Morgan fingerprint density at radius 1 is 0.833 bits per heavy atom. The van der Waals surface area contributed by atoms with Gasteiger partial charge in [-0.3, -0.25) is 4.79 Å². The normalized spacial score (nSPS) is 10.9. The molecule has 0 unspecified atom stereocenters. The van der Waals surface area contributed by atoms with E-state index in [9.17, 15) is 4.79 Å². The number of rotatable bonds is 11. The molecule has 0 saturated heterocycles. The monoisotopic (exact) mass is 403 g/mol. The molecule has 0 bridgehead atoms. The third-order valence-electron chi connectivity index (χ3n) is 4.85. The summed E-state index contributed by atoms with van der Waals surface area (Å²) in [6.45, 7) is 4.30. The largest absolute Gasteiger partial charge is 0.379 e. The molecule has 0 aromatic heterocycles. The summed E-state index contributed by atoms with van der Waals surface area (Å²) in [4.78, 5) is 12.9. The van der Waals surface area contributed by atoms with Gasteiger partial charge in [0.1, 0.15) is 0 Å². The van der Waals surface area contributed by atoms with Crippen molar-refractivity contribution in [2.45, 2.75) is 25.9 Å². The van der Waals surface area contributed by atoms with Crippen molar-refractivity contribution in [2.75, 3.05) is 25.1 Å². The summed E-state index contributed by atoms with van der Waals surface area (Å²) in [5.74, 6) is -0.000369. The smallest absolute Gasteiger partial charge is 0.225 e. The number of ether oxygens (including phenoxy) is 2. The predicted octanol–water partition coefficient (Wildman–Crippen LogP) is 5.40. The molecular formula is C26H29NO3. The van der Waals surface area contributed by atoms with Crippen molar-refractivity contribution in [3.63, 3.8) is 0 Å². The van der Waals surface area contributed by atoms with Crippen molar-refractivity contribution in [3.8, 4) is 0 Å². The van der Waals surface area contributed by atoms with Gasteiger partial charge in [-0.05, 0) is 35.7 Å². The van der Waals surface area contributed by atoms with Crippen LogP contribution in [-0.2, 0) is 20.9 Å². The van der Waals surface area contributed by atoms with E-state index in [-0.39, 0.29) is 11.8 Å².